The zero-order valence-electron chi connectivity index (χ0n) is 17.4. The molecule has 0 radical (unpaired) electrons. The van der Waals surface area contributed by atoms with Gasteiger partial charge in [0.15, 0.2) is 18.1 Å². The van der Waals surface area contributed by atoms with Crippen LogP contribution in [0.4, 0.5) is 11.4 Å². The molecular formula is C21H25N3O6. The van der Waals surface area contributed by atoms with Crippen molar-refractivity contribution in [2.24, 2.45) is 5.16 Å². The number of carbonyl (C=O) groups excluding carboxylic acids is 2. The fourth-order valence-electron chi connectivity index (χ4n) is 2.51. The third-order valence-electron chi connectivity index (χ3n) is 3.75. The molecule has 0 bridgehead atoms. The minimum Gasteiger partial charge on any atom is -0.495 e. The number of rotatable bonds is 10. The van der Waals surface area contributed by atoms with Gasteiger partial charge in [0, 0.05) is 18.2 Å². The molecular weight excluding hydrogens is 390 g/mol. The second-order valence-electron chi connectivity index (χ2n) is 6.00. The van der Waals surface area contributed by atoms with E-state index in [-0.39, 0.29) is 12.5 Å². The summed E-state index contributed by atoms with van der Waals surface area (Å²) in [5.41, 5.74) is 1.65. The van der Waals surface area contributed by atoms with Crippen molar-refractivity contribution in [1.82, 2.24) is 0 Å². The first-order valence-electron chi connectivity index (χ1n) is 9.18. The quantitative estimate of drug-likeness (QED) is 0.456. The number of anilines is 2. The van der Waals surface area contributed by atoms with Crippen LogP contribution in [0.3, 0.4) is 0 Å². The Labute approximate surface area is 174 Å². The highest BCUT2D eigenvalue weighted by molar-refractivity contribution is 5.95. The van der Waals surface area contributed by atoms with Crippen LogP contribution in [0.25, 0.3) is 0 Å². The lowest BCUT2D eigenvalue weighted by molar-refractivity contribution is -0.120. The van der Waals surface area contributed by atoms with Crippen LogP contribution in [0.15, 0.2) is 41.6 Å². The number of methoxy groups -OCH3 is 2. The van der Waals surface area contributed by atoms with Gasteiger partial charge in [0.2, 0.25) is 5.91 Å². The number of nitrogens with one attached hydrogen (secondary N) is 2. The molecule has 160 valence electrons. The van der Waals surface area contributed by atoms with Gasteiger partial charge in [-0.1, -0.05) is 5.16 Å². The van der Waals surface area contributed by atoms with E-state index < -0.39 is 5.91 Å². The molecule has 9 heteroatoms. The summed E-state index contributed by atoms with van der Waals surface area (Å²) in [7, 11) is 3.03. The smallest absolute Gasteiger partial charge is 0.265 e. The Kier molecular flexibility index (Phi) is 8.49. The summed E-state index contributed by atoms with van der Waals surface area (Å²) in [6, 6.07) is 10.2. The molecule has 0 aliphatic heterocycles. The van der Waals surface area contributed by atoms with E-state index >= 15 is 0 Å². The summed E-state index contributed by atoms with van der Waals surface area (Å²) in [5, 5.41) is 9.11. The molecule has 2 N–H and O–H groups in total. The molecule has 9 nitrogen and oxygen atoms in total. The Morgan fingerprint density at radius 2 is 1.73 bits per heavy atom. The Hall–Kier alpha value is -3.75. The summed E-state index contributed by atoms with van der Waals surface area (Å²) in [5.74, 6) is 0.996. The summed E-state index contributed by atoms with van der Waals surface area (Å²) < 4.78 is 16.0. The van der Waals surface area contributed by atoms with E-state index in [9.17, 15) is 9.59 Å². The fourth-order valence-corrected chi connectivity index (χ4v) is 2.51. The first kappa shape index (κ1) is 22.5. The third kappa shape index (κ3) is 6.69. The molecule has 0 aliphatic rings. The Balaban J connectivity index is 1.94. The molecule has 2 aromatic rings. The van der Waals surface area contributed by atoms with Gasteiger partial charge >= 0.3 is 0 Å². The van der Waals surface area contributed by atoms with Gasteiger partial charge < -0.3 is 29.7 Å². The van der Waals surface area contributed by atoms with Crippen LogP contribution in [0.1, 0.15) is 19.4 Å². The van der Waals surface area contributed by atoms with Crippen LogP contribution in [-0.4, -0.2) is 45.5 Å². The van der Waals surface area contributed by atoms with Gasteiger partial charge in [-0.3, -0.25) is 9.59 Å². The Morgan fingerprint density at radius 1 is 1.00 bits per heavy atom. The predicted octanol–water partition coefficient (Wildman–Crippen LogP) is 3.05. The normalized spacial score (nSPS) is 10.4. The van der Waals surface area contributed by atoms with E-state index in [2.05, 4.69) is 15.8 Å². The van der Waals surface area contributed by atoms with E-state index in [1.165, 1.54) is 20.2 Å². The van der Waals surface area contributed by atoms with Gasteiger partial charge in [-0.15, -0.1) is 0 Å². The maximum Gasteiger partial charge on any atom is 0.265 e. The van der Waals surface area contributed by atoms with Crippen LogP contribution in [0.5, 0.6) is 17.2 Å². The highest BCUT2D eigenvalue weighted by Crippen LogP contribution is 2.28. The number of amides is 2. The van der Waals surface area contributed by atoms with Gasteiger partial charge in [0.25, 0.3) is 5.91 Å². The van der Waals surface area contributed by atoms with Gasteiger partial charge in [-0.2, -0.15) is 0 Å². The van der Waals surface area contributed by atoms with Crippen molar-refractivity contribution in [3.8, 4) is 17.2 Å². The average Bonchev–Trinajstić information content (AvgIpc) is 2.72. The lowest BCUT2D eigenvalue weighted by atomic mass is 10.2. The molecule has 0 spiro atoms. The zero-order chi connectivity index (χ0) is 21.9. The lowest BCUT2D eigenvalue weighted by Gasteiger charge is -2.12. The van der Waals surface area contributed by atoms with Crippen molar-refractivity contribution >= 4 is 29.4 Å². The van der Waals surface area contributed by atoms with Crippen LogP contribution >= 0.6 is 0 Å². The van der Waals surface area contributed by atoms with Crippen molar-refractivity contribution in [1.29, 1.82) is 0 Å². The van der Waals surface area contributed by atoms with Crippen molar-refractivity contribution in [3.05, 3.63) is 42.0 Å². The predicted molar refractivity (Wildman–Crippen MR) is 114 cm³/mol. The second kappa shape index (κ2) is 11.3. The standard InChI is InChI=1S/C21H25N3O6/c1-5-29-19-8-6-15(10-20(19)28-4)12-22-30-13-21(26)24-17-11-16(23-14(2)25)7-9-18(17)27-3/h6-12H,5,13H2,1-4H3,(H,23,25)(H,24,26)/b22-12+. The van der Waals surface area contributed by atoms with Crippen LogP contribution in [-0.2, 0) is 14.4 Å². The van der Waals surface area contributed by atoms with E-state index in [1.807, 2.05) is 6.92 Å². The zero-order valence-corrected chi connectivity index (χ0v) is 17.4. The van der Waals surface area contributed by atoms with Gasteiger partial charge in [-0.25, -0.2) is 0 Å². The molecule has 0 fully saturated rings. The van der Waals surface area contributed by atoms with Gasteiger partial charge in [-0.05, 0) is 43.3 Å². The number of hydrogen-bond donors (Lipinski definition) is 2. The topological polar surface area (TPSA) is 107 Å². The molecule has 0 unspecified atom stereocenters. The lowest BCUT2D eigenvalue weighted by Crippen LogP contribution is -2.18. The molecule has 0 aliphatic carbocycles. The molecule has 2 rings (SSSR count). The first-order valence-corrected chi connectivity index (χ1v) is 9.18. The Morgan fingerprint density at radius 3 is 2.40 bits per heavy atom. The third-order valence-corrected chi connectivity index (χ3v) is 3.75. The van der Waals surface area contributed by atoms with Crippen LogP contribution in [0.2, 0.25) is 0 Å². The molecule has 2 amide bonds. The minimum absolute atomic E-state index is 0.221. The summed E-state index contributed by atoms with van der Waals surface area (Å²) in [6.45, 7) is 3.51. The fraction of sp³-hybridized carbons (Fsp3) is 0.286. The number of ether oxygens (including phenoxy) is 3. The van der Waals surface area contributed by atoms with E-state index in [4.69, 9.17) is 19.0 Å². The number of nitrogens with zero attached hydrogens (tertiary/aromatic N) is 1. The molecule has 0 saturated heterocycles. The second-order valence-corrected chi connectivity index (χ2v) is 6.00. The maximum absolute atomic E-state index is 12.2. The molecule has 0 saturated carbocycles. The SMILES string of the molecule is CCOc1ccc(/C=N/OCC(=O)Nc2cc(NC(C)=O)ccc2OC)cc1OC. The van der Waals surface area contributed by atoms with Crippen LogP contribution in [0, 0.1) is 0 Å². The first-order chi connectivity index (χ1) is 14.5. The summed E-state index contributed by atoms with van der Waals surface area (Å²) in [6.07, 6.45) is 1.46. The minimum atomic E-state index is -0.435. The van der Waals surface area contributed by atoms with Crippen molar-refractivity contribution in [3.63, 3.8) is 0 Å². The summed E-state index contributed by atoms with van der Waals surface area (Å²) >= 11 is 0. The van der Waals surface area contributed by atoms with Crippen molar-refractivity contribution in [2.45, 2.75) is 13.8 Å². The van der Waals surface area contributed by atoms with E-state index in [0.29, 0.717) is 35.2 Å². The van der Waals surface area contributed by atoms with Gasteiger partial charge in [0.1, 0.15) is 5.75 Å². The largest absolute Gasteiger partial charge is 0.495 e. The monoisotopic (exact) mass is 415 g/mol. The van der Waals surface area contributed by atoms with Crippen molar-refractivity contribution in [2.75, 3.05) is 38.1 Å². The number of benzene rings is 2. The maximum atomic E-state index is 12.2. The number of carbonyl (C=O) groups is 2. The summed E-state index contributed by atoms with van der Waals surface area (Å²) in [4.78, 5) is 28.4. The van der Waals surface area contributed by atoms with Crippen LogP contribution < -0.4 is 24.8 Å². The Bertz CT molecular complexity index is 914. The molecule has 30 heavy (non-hydrogen) atoms. The highest BCUT2D eigenvalue weighted by Gasteiger charge is 2.10. The molecule has 0 heterocycles. The number of hydrogen-bond acceptors (Lipinski definition) is 7. The highest BCUT2D eigenvalue weighted by atomic mass is 16.6. The van der Waals surface area contributed by atoms with Gasteiger partial charge in [0.05, 0.1) is 32.7 Å². The van der Waals surface area contributed by atoms with E-state index in [0.717, 1.165) is 5.56 Å². The number of oxime groups is 1. The molecule has 0 atom stereocenters. The van der Waals surface area contributed by atoms with E-state index in [1.54, 1.807) is 43.5 Å². The van der Waals surface area contributed by atoms with Crippen molar-refractivity contribution < 1.29 is 28.6 Å². The molecule has 2 aromatic carbocycles. The molecule has 0 aromatic heterocycles. The average molecular weight is 415 g/mol.